The first-order valence-corrected chi connectivity index (χ1v) is 11.6. The summed E-state index contributed by atoms with van der Waals surface area (Å²) in [4.78, 5) is 21.5. The summed E-state index contributed by atoms with van der Waals surface area (Å²) in [5, 5.41) is 10.1. The van der Waals surface area contributed by atoms with Crippen molar-refractivity contribution in [3.05, 3.63) is 35.9 Å². The van der Waals surface area contributed by atoms with Crippen molar-refractivity contribution in [2.45, 2.75) is 59.2 Å². The molecule has 2 rings (SSSR count). The summed E-state index contributed by atoms with van der Waals surface area (Å²) in [5.41, 5.74) is 1.15. The van der Waals surface area contributed by atoms with Gasteiger partial charge in [0.05, 0.1) is 13.1 Å². The molecule has 182 valence electrons. The van der Waals surface area contributed by atoms with Gasteiger partial charge in [-0.05, 0) is 47.1 Å². The number of hydrogen-bond acceptors (Lipinski definition) is 4. The molecule has 1 fully saturated rings. The van der Waals surface area contributed by atoms with Crippen LogP contribution in [-0.4, -0.2) is 79.1 Å². The number of halogens is 1. The molecule has 32 heavy (non-hydrogen) atoms. The molecule has 1 aromatic rings. The lowest BCUT2D eigenvalue weighted by Gasteiger charge is -2.37. The number of carbonyl (C=O) groups is 1. The zero-order chi connectivity index (χ0) is 22.9. The summed E-state index contributed by atoms with van der Waals surface area (Å²) in [6.45, 7) is 18.1. The predicted octanol–water partition coefficient (Wildman–Crippen LogP) is 2.84. The number of nitrogens with one attached hydrogen (secondary N) is 3. The Hall–Kier alpha value is -1.39. The van der Waals surface area contributed by atoms with Crippen LogP contribution in [0.1, 0.15) is 53.1 Å². The van der Waals surface area contributed by atoms with Crippen LogP contribution in [0.2, 0.25) is 0 Å². The Morgan fingerprint density at radius 3 is 2.28 bits per heavy atom. The smallest absolute Gasteiger partial charge is 0.234 e. The molecule has 1 aromatic carbocycles. The minimum atomic E-state index is -0.132. The van der Waals surface area contributed by atoms with E-state index >= 15 is 0 Å². The summed E-state index contributed by atoms with van der Waals surface area (Å²) >= 11 is 0. The molecule has 7 nitrogen and oxygen atoms in total. The Morgan fingerprint density at radius 2 is 1.72 bits per heavy atom. The number of rotatable bonds is 9. The van der Waals surface area contributed by atoms with Crippen molar-refractivity contribution in [3.63, 3.8) is 0 Å². The predicted molar refractivity (Wildman–Crippen MR) is 145 cm³/mol. The van der Waals surface area contributed by atoms with Crippen LogP contribution in [0.3, 0.4) is 0 Å². The monoisotopic (exact) mass is 558 g/mol. The molecular weight excluding hydrogens is 515 g/mol. The highest BCUT2D eigenvalue weighted by molar-refractivity contribution is 14.0. The minimum Gasteiger partial charge on any atom is -0.357 e. The summed E-state index contributed by atoms with van der Waals surface area (Å²) < 4.78 is 0. The van der Waals surface area contributed by atoms with Gasteiger partial charge in [-0.1, -0.05) is 30.3 Å². The molecule has 1 atom stereocenters. The zero-order valence-corrected chi connectivity index (χ0v) is 23.0. The topological polar surface area (TPSA) is 72.0 Å². The molecule has 0 radical (unpaired) electrons. The molecule has 1 aliphatic rings. The first-order chi connectivity index (χ1) is 14.7. The first-order valence-electron chi connectivity index (χ1n) is 11.6. The van der Waals surface area contributed by atoms with Crippen LogP contribution in [0.4, 0.5) is 0 Å². The molecule has 1 amide bonds. The van der Waals surface area contributed by atoms with E-state index in [1.807, 2.05) is 19.9 Å². The van der Waals surface area contributed by atoms with Crippen LogP contribution in [0.25, 0.3) is 0 Å². The van der Waals surface area contributed by atoms with Crippen LogP contribution in [0, 0.1) is 0 Å². The van der Waals surface area contributed by atoms with E-state index in [1.54, 1.807) is 0 Å². The van der Waals surface area contributed by atoms with Crippen molar-refractivity contribution in [3.8, 4) is 0 Å². The van der Waals surface area contributed by atoms with E-state index in [0.717, 1.165) is 38.7 Å². The van der Waals surface area contributed by atoms with E-state index in [4.69, 9.17) is 4.99 Å². The average Bonchev–Trinajstić information content (AvgIpc) is 2.71. The fourth-order valence-electron chi connectivity index (χ4n) is 3.84. The third kappa shape index (κ3) is 10.0. The lowest BCUT2D eigenvalue weighted by Crippen LogP contribution is -2.54. The molecule has 0 saturated carbocycles. The van der Waals surface area contributed by atoms with Gasteiger partial charge in [0.1, 0.15) is 0 Å². The van der Waals surface area contributed by atoms with Crippen LogP contribution >= 0.6 is 24.0 Å². The quantitative estimate of drug-likeness (QED) is 0.247. The van der Waals surface area contributed by atoms with Gasteiger partial charge in [-0.15, -0.1) is 24.0 Å². The number of aliphatic imine (C=N–C) groups is 1. The van der Waals surface area contributed by atoms with Gasteiger partial charge >= 0.3 is 0 Å². The Labute approximate surface area is 211 Å². The second-order valence-electron chi connectivity index (χ2n) is 9.32. The third-order valence-electron chi connectivity index (χ3n) is 5.35. The van der Waals surface area contributed by atoms with Crippen LogP contribution in [-0.2, 0) is 4.79 Å². The van der Waals surface area contributed by atoms with Gasteiger partial charge in [-0.3, -0.25) is 14.7 Å². The van der Waals surface area contributed by atoms with Gasteiger partial charge in [-0.25, -0.2) is 0 Å². The lowest BCUT2D eigenvalue weighted by molar-refractivity contribution is -0.123. The molecule has 1 heterocycles. The molecule has 1 unspecified atom stereocenters. The van der Waals surface area contributed by atoms with Gasteiger partial charge in [0.25, 0.3) is 0 Å². The summed E-state index contributed by atoms with van der Waals surface area (Å²) in [7, 11) is 0. The van der Waals surface area contributed by atoms with E-state index in [0.29, 0.717) is 13.1 Å². The minimum absolute atomic E-state index is 0. The van der Waals surface area contributed by atoms with Crippen molar-refractivity contribution < 1.29 is 4.79 Å². The number of guanidine groups is 1. The maximum Gasteiger partial charge on any atom is 0.234 e. The van der Waals surface area contributed by atoms with Gasteiger partial charge < -0.3 is 20.9 Å². The first kappa shape index (κ1) is 28.6. The van der Waals surface area contributed by atoms with E-state index < -0.39 is 0 Å². The van der Waals surface area contributed by atoms with Crippen molar-refractivity contribution >= 4 is 35.8 Å². The fourth-order valence-corrected chi connectivity index (χ4v) is 3.84. The van der Waals surface area contributed by atoms with Gasteiger partial charge in [0, 0.05) is 50.3 Å². The number of nitrogens with zero attached hydrogens (tertiary/aromatic N) is 3. The van der Waals surface area contributed by atoms with Gasteiger partial charge in [0.2, 0.25) is 5.91 Å². The fraction of sp³-hybridized carbons (Fsp3) is 0.667. The van der Waals surface area contributed by atoms with Crippen LogP contribution < -0.4 is 16.0 Å². The Morgan fingerprint density at radius 1 is 1.09 bits per heavy atom. The van der Waals surface area contributed by atoms with Crippen molar-refractivity contribution in [1.82, 2.24) is 25.8 Å². The Balaban J connectivity index is 0.00000512. The van der Waals surface area contributed by atoms with Crippen LogP contribution in [0.5, 0.6) is 0 Å². The van der Waals surface area contributed by atoms with E-state index in [2.05, 4.69) is 77.7 Å². The number of piperazine rings is 1. The zero-order valence-electron chi connectivity index (χ0n) is 20.6. The molecular formula is C24H43IN6O. The third-order valence-corrected chi connectivity index (χ3v) is 5.35. The maximum absolute atomic E-state index is 12.0. The van der Waals surface area contributed by atoms with Crippen molar-refractivity contribution in [1.29, 1.82) is 0 Å². The second-order valence-corrected chi connectivity index (χ2v) is 9.32. The molecule has 1 saturated heterocycles. The summed E-state index contributed by atoms with van der Waals surface area (Å²) in [5.74, 6) is 1.06. The largest absolute Gasteiger partial charge is 0.357 e. The highest BCUT2D eigenvalue weighted by Gasteiger charge is 2.24. The molecule has 0 aromatic heterocycles. The lowest BCUT2D eigenvalue weighted by atomic mass is 10.0. The second kappa shape index (κ2) is 14.0. The van der Waals surface area contributed by atoms with Gasteiger partial charge in [0.15, 0.2) is 5.96 Å². The van der Waals surface area contributed by atoms with Crippen molar-refractivity contribution in [2.24, 2.45) is 4.99 Å². The number of carbonyl (C=O) groups excluding carboxylic acids is 1. The molecule has 0 aliphatic carbocycles. The number of benzene rings is 1. The summed E-state index contributed by atoms with van der Waals surface area (Å²) in [6, 6.07) is 11.0. The average molecular weight is 559 g/mol. The molecule has 1 aliphatic heterocycles. The maximum atomic E-state index is 12.0. The van der Waals surface area contributed by atoms with Gasteiger partial charge in [-0.2, -0.15) is 0 Å². The van der Waals surface area contributed by atoms with E-state index in [9.17, 15) is 4.79 Å². The number of amides is 1. The van der Waals surface area contributed by atoms with Crippen LogP contribution in [0.15, 0.2) is 35.3 Å². The Kier molecular flexibility index (Phi) is 12.5. The van der Waals surface area contributed by atoms with E-state index in [1.165, 1.54) is 5.56 Å². The van der Waals surface area contributed by atoms with Crippen molar-refractivity contribution in [2.75, 3.05) is 45.8 Å². The SMILES string of the molecule is CCNC(=NCC(C)(C)NC(C)c1ccccc1)N1CCN(CC(=O)NC(C)C)CC1.I. The highest BCUT2D eigenvalue weighted by atomic mass is 127. The summed E-state index contributed by atoms with van der Waals surface area (Å²) in [6.07, 6.45) is 0. The molecule has 0 bridgehead atoms. The highest BCUT2D eigenvalue weighted by Crippen LogP contribution is 2.16. The Bertz CT molecular complexity index is 702. The molecule has 3 N–H and O–H groups in total. The molecule has 0 spiro atoms. The standard InChI is InChI=1S/C24H42N6O.HI/c1-7-25-23(30-15-13-29(14-16-30)17-22(31)27-19(2)3)26-18-24(5,6)28-20(4)21-11-9-8-10-12-21;/h8-12,19-20,28H,7,13-18H2,1-6H3,(H,25,26)(H,27,31);1H. The normalized spacial score (nSPS) is 16.5. The van der Waals surface area contributed by atoms with E-state index in [-0.39, 0.29) is 47.5 Å². The number of hydrogen-bond donors (Lipinski definition) is 3. The molecule has 8 heteroatoms.